The monoisotopic (exact) mass is 533 g/mol. The first-order chi connectivity index (χ1) is 14.7. The zero-order chi connectivity index (χ0) is 22.5. The number of nitrogens with two attached hydrogens (primary N) is 2. The molecule has 0 spiro atoms. The van der Waals surface area contributed by atoms with E-state index in [1.807, 2.05) is 0 Å². The maximum absolute atomic E-state index is 12.9. The lowest BCUT2D eigenvalue weighted by molar-refractivity contribution is 0.0950. The van der Waals surface area contributed by atoms with Crippen molar-refractivity contribution in [1.29, 1.82) is 0 Å². The highest BCUT2D eigenvalue weighted by Crippen LogP contribution is 2.32. The van der Waals surface area contributed by atoms with E-state index in [0.29, 0.717) is 39.3 Å². The molecule has 1 saturated heterocycles. The van der Waals surface area contributed by atoms with E-state index in [0.717, 1.165) is 19.4 Å². The van der Waals surface area contributed by atoms with Gasteiger partial charge in [0.25, 0.3) is 11.8 Å². The van der Waals surface area contributed by atoms with Crippen LogP contribution in [0.2, 0.25) is 10.0 Å². The largest absolute Gasteiger partial charge is 0.370 e. The first-order valence-corrected chi connectivity index (χ1v) is 10.7. The highest BCUT2D eigenvalue weighted by Gasteiger charge is 2.21. The molecule has 0 bridgehead atoms. The number of benzene rings is 2. The van der Waals surface area contributed by atoms with Crippen LogP contribution in [-0.4, -0.2) is 48.9 Å². The van der Waals surface area contributed by atoms with E-state index < -0.39 is 5.91 Å². The Hall–Kier alpha value is -2.03. The van der Waals surface area contributed by atoms with Gasteiger partial charge in [-0.2, -0.15) is 4.99 Å². The molecule has 3 rings (SSSR count). The lowest BCUT2D eigenvalue weighted by Crippen LogP contribution is -2.31. The molecular weight excluding hydrogens is 508 g/mol. The van der Waals surface area contributed by atoms with Gasteiger partial charge in [0.2, 0.25) is 0 Å². The first-order valence-electron chi connectivity index (χ1n) is 9.97. The number of guanidine groups is 1. The average molecular weight is 535 g/mol. The minimum atomic E-state index is -0.651. The number of halogens is 4. The van der Waals surface area contributed by atoms with Gasteiger partial charge in [0.1, 0.15) is 0 Å². The second kappa shape index (κ2) is 13.0. The molecule has 0 saturated carbocycles. The minimum Gasteiger partial charge on any atom is -0.370 e. The molecule has 2 amide bonds. The number of nitrogens with one attached hydrogen (secondary N) is 1. The molecule has 1 aliphatic heterocycles. The van der Waals surface area contributed by atoms with Crippen LogP contribution in [0.15, 0.2) is 41.4 Å². The summed E-state index contributed by atoms with van der Waals surface area (Å²) in [7, 11) is 2.10. The molecule has 2 aromatic carbocycles. The molecule has 0 aromatic heterocycles. The average Bonchev–Trinajstić information content (AvgIpc) is 3.13. The van der Waals surface area contributed by atoms with E-state index in [1.54, 1.807) is 30.3 Å². The summed E-state index contributed by atoms with van der Waals surface area (Å²) in [5.74, 6) is -1.30. The smallest absolute Gasteiger partial charge is 0.280 e. The van der Waals surface area contributed by atoms with Crippen LogP contribution >= 0.6 is 48.0 Å². The molecule has 2 aromatic rings. The molecular formula is C22H27Cl4N5O2. The van der Waals surface area contributed by atoms with Gasteiger partial charge >= 0.3 is 0 Å². The summed E-state index contributed by atoms with van der Waals surface area (Å²) >= 11 is 12.5. The van der Waals surface area contributed by atoms with Gasteiger partial charge in [0.05, 0.1) is 0 Å². The summed E-state index contributed by atoms with van der Waals surface area (Å²) in [6.45, 7) is 1.62. The maximum Gasteiger partial charge on any atom is 0.280 e. The number of nitrogens with zero attached hydrogens (tertiary/aromatic N) is 2. The van der Waals surface area contributed by atoms with Crippen LogP contribution in [0.4, 0.5) is 0 Å². The Kier molecular flexibility index (Phi) is 11.4. The van der Waals surface area contributed by atoms with Crippen LogP contribution in [-0.2, 0) is 0 Å². The third-order valence-electron chi connectivity index (χ3n) is 5.35. The Labute approximate surface area is 215 Å². The third kappa shape index (κ3) is 7.76. The standard InChI is InChI=1S/C22H25Cl2N5O2.2ClH/c1-29-8-2-3-17(29)6-7-27-20(30)14-9-13(18-12-16(23)4-5-19(18)24)10-15(11-14)21(31)28-22(25)26;;/h4-5,9-12,17H,2-3,6-8H2,1H3,(H,27,30)(H4,25,26,28,31);2*1H. The molecule has 33 heavy (non-hydrogen) atoms. The Balaban J connectivity index is 0.00000272. The Morgan fingerprint density at radius 3 is 2.45 bits per heavy atom. The molecule has 1 aliphatic rings. The van der Waals surface area contributed by atoms with Crippen LogP contribution in [0, 0.1) is 0 Å². The minimum absolute atomic E-state index is 0. The van der Waals surface area contributed by atoms with Gasteiger partial charge in [-0.15, -0.1) is 24.8 Å². The van der Waals surface area contributed by atoms with E-state index in [9.17, 15) is 9.59 Å². The number of rotatable bonds is 6. The number of hydrogen-bond donors (Lipinski definition) is 3. The topological polar surface area (TPSA) is 114 Å². The van der Waals surface area contributed by atoms with E-state index in [1.165, 1.54) is 12.5 Å². The second-order valence-electron chi connectivity index (χ2n) is 7.59. The molecule has 180 valence electrons. The Morgan fingerprint density at radius 1 is 1.12 bits per heavy atom. The van der Waals surface area contributed by atoms with Crippen LogP contribution in [0.5, 0.6) is 0 Å². The molecule has 1 fully saturated rings. The van der Waals surface area contributed by atoms with Gasteiger partial charge in [-0.05, 0) is 74.8 Å². The number of likely N-dealkylation sites (tertiary alicyclic amines) is 1. The lowest BCUT2D eigenvalue weighted by atomic mass is 9.98. The number of aliphatic imine (C=N–C) groups is 1. The van der Waals surface area contributed by atoms with Crippen LogP contribution in [0.3, 0.4) is 0 Å². The highest BCUT2D eigenvalue weighted by atomic mass is 35.5. The van der Waals surface area contributed by atoms with Crippen LogP contribution < -0.4 is 16.8 Å². The lowest BCUT2D eigenvalue weighted by Gasteiger charge is -2.19. The molecule has 1 unspecified atom stereocenters. The summed E-state index contributed by atoms with van der Waals surface area (Å²) in [6.07, 6.45) is 3.17. The van der Waals surface area contributed by atoms with E-state index >= 15 is 0 Å². The first kappa shape index (κ1) is 29.0. The van der Waals surface area contributed by atoms with Crippen molar-refractivity contribution in [3.8, 4) is 11.1 Å². The third-order valence-corrected chi connectivity index (χ3v) is 5.91. The zero-order valence-electron chi connectivity index (χ0n) is 18.0. The Bertz CT molecular complexity index is 1030. The SMILES string of the molecule is CN1CCCC1CCNC(=O)c1cc(C(=O)N=C(N)N)cc(-c2cc(Cl)ccc2Cl)c1.Cl.Cl. The summed E-state index contributed by atoms with van der Waals surface area (Å²) in [4.78, 5) is 31.2. The molecule has 0 aliphatic carbocycles. The molecule has 1 atom stereocenters. The molecule has 0 radical (unpaired) electrons. The van der Waals surface area contributed by atoms with Gasteiger partial charge in [0.15, 0.2) is 5.96 Å². The van der Waals surface area contributed by atoms with Gasteiger partial charge in [-0.25, -0.2) is 0 Å². The van der Waals surface area contributed by atoms with Crippen molar-refractivity contribution < 1.29 is 9.59 Å². The summed E-state index contributed by atoms with van der Waals surface area (Å²) < 4.78 is 0. The predicted molar refractivity (Wildman–Crippen MR) is 139 cm³/mol. The van der Waals surface area contributed by atoms with Crippen molar-refractivity contribution >= 4 is 65.8 Å². The maximum atomic E-state index is 12.9. The van der Waals surface area contributed by atoms with E-state index in [2.05, 4.69) is 22.3 Å². The van der Waals surface area contributed by atoms with Crippen molar-refractivity contribution in [2.75, 3.05) is 20.1 Å². The number of carbonyl (C=O) groups excluding carboxylic acids is 2. The summed E-state index contributed by atoms with van der Waals surface area (Å²) in [5.41, 5.74) is 12.3. The molecule has 1 heterocycles. The highest BCUT2D eigenvalue weighted by molar-refractivity contribution is 6.35. The number of carbonyl (C=O) groups is 2. The summed E-state index contributed by atoms with van der Waals surface area (Å²) in [6, 6.07) is 10.2. The molecule has 11 heteroatoms. The number of amides is 2. The van der Waals surface area contributed by atoms with Gasteiger partial charge in [-0.1, -0.05) is 23.2 Å². The van der Waals surface area contributed by atoms with Crippen molar-refractivity contribution in [3.63, 3.8) is 0 Å². The molecule has 5 N–H and O–H groups in total. The van der Waals surface area contributed by atoms with E-state index in [-0.39, 0.29) is 42.2 Å². The second-order valence-corrected chi connectivity index (χ2v) is 8.43. The normalized spacial score (nSPS) is 15.2. The van der Waals surface area contributed by atoms with Gasteiger partial charge in [0, 0.05) is 39.3 Å². The fraction of sp³-hybridized carbons (Fsp3) is 0.318. The van der Waals surface area contributed by atoms with Gasteiger partial charge < -0.3 is 21.7 Å². The number of hydrogen-bond acceptors (Lipinski definition) is 3. The van der Waals surface area contributed by atoms with Crippen molar-refractivity contribution in [1.82, 2.24) is 10.2 Å². The Morgan fingerprint density at radius 2 is 1.82 bits per heavy atom. The molecule has 7 nitrogen and oxygen atoms in total. The van der Waals surface area contributed by atoms with Crippen LogP contribution in [0.1, 0.15) is 40.0 Å². The zero-order valence-corrected chi connectivity index (χ0v) is 21.2. The van der Waals surface area contributed by atoms with E-state index in [4.69, 9.17) is 34.7 Å². The van der Waals surface area contributed by atoms with Gasteiger partial charge in [-0.3, -0.25) is 9.59 Å². The fourth-order valence-corrected chi connectivity index (χ4v) is 4.14. The van der Waals surface area contributed by atoms with Crippen molar-refractivity contribution in [2.24, 2.45) is 16.5 Å². The quantitative estimate of drug-likeness (QED) is 0.381. The van der Waals surface area contributed by atoms with Crippen molar-refractivity contribution in [2.45, 2.75) is 25.3 Å². The summed E-state index contributed by atoms with van der Waals surface area (Å²) in [5, 5.41) is 3.85. The van der Waals surface area contributed by atoms with Crippen LogP contribution in [0.25, 0.3) is 11.1 Å². The fourth-order valence-electron chi connectivity index (χ4n) is 3.74. The predicted octanol–water partition coefficient (Wildman–Crippen LogP) is 4.13. The van der Waals surface area contributed by atoms with Crippen molar-refractivity contribution in [3.05, 3.63) is 57.6 Å².